The van der Waals surface area contributed by atoms with Crippen molar-refractivity contribution < 1.29 is 0 Å². The maximum atomic E-state index is 6.60. The lowest BCUT2D eigenvalue weighted by Crippen LogP contribution is -2.59. The monoisotopic (exact) mass is 274 g/mol. The van der Waals surface area contributed by atoms with Gasteiger partial charge in [-0.25, -0.2) is 0 Å². The van der Waals surface area contributed by atoms with Crippen LogP contribution in [0.3, 0.4) is 0 Å². The number of hydrogen-bond donors (Lipinski definition) is 1. The lowest BCUT2D eigenvalue weighted by Gasteiger charge is -2.47. The zero-order valence-corrected chi connectivity index (χ0v) is 13.1. The van der Waals surface area contributed by atoms with Crippen molar-refractivity contribution in [2.24, 2.45) is 5.73 Å². The molecular weight excluding hydrogens is 244 g/mol. The Balaban J connectivity index is 1.95. The van der Waals surface area contributed by atoms with Gasteiger partial charge in [0.2, 0.25) is 0 Å². The minimum atomic E-state index is 0.162. The standard InChI is InChI=1S/C18H30N2/c1-3-18(2,20-14-8-5-9-15-20)17(19)13-12-16-10-6-4-7-11-16/h4,6-7,10-11,17H,3,5,8-9,12-15,19H2,1-2H3. The maximum absolute atomic E-state index is 6.60. The number of rotatable bonds is 6. The number of nitrogens with two attached hydrogens (primary N) is 1. The van der Waals surface area contributed by atoms with Gasteiger partial charge >= 0.3 is 0 Å². The largest absolute Gasteiger partial charge is 0.326 e. The Bertz CT molecular complexity index is 384. The van der Waals surface area contributed by atoms with Crippen molar-refractivity contribution in [3.05, 3.63) is 35.9 Å². The molecule has 1 aromatic rings. The van der Waals surface area contributed by atoms with Crippen LogP contribution in [0.5, 0.6) is 0 Å². The second kappa shape index (κ2) is 7.24. The molecule has 0 saturated carbocycles. The fourth-order valence-electron chi connectivity index (χ4n) is 3.40. The summed E-state index contributed by atoms with van der Waals surface area (Å²) in [5.74, 6) is 0. The molecule has 2 N–H and O–H groups in total. The van der Waals surface area contributed by atoms with Crippen LogP contribution in [0.25, 0.3) is 0 Å². The van der Waals surface area contributed by atoms with Gasteiger partial charge in [0, 0.05) is 11.6 Å². The molecule has 2 atom stereocenters. The van der Waals surface area contributed by atoms with Crippen molar-refractivity contribution in [2.45, 2.75) is 64.0 Å². The molecule has 1 saturated heterocycles. The first-order valence-corrected chi connectivity index (χ1v) is 8.21. The minimum Gasteiger partial charge on any atom is -0.326 e. The summed E-state index contributed by atoms with van der Waals surface area (Å²) in [6.07, 6.45) is 7.36. The number of benzene rings is 1. The molecule has 2 unspecified atom stereocenters. The molecule has 0 aromatic heterocycles. The van der Waals surface area contributed by atoms with E-state index in [4.69, 9.17) is 5.73 Å². The second-order valence-electron chi connectivity index (χ2n) is 6.39. The normalized spacial score (nSPS) is 21.4. The van der Waals surface area contributed by atoms with E-state index in [1.807, 2.05) is 0 Å². The van der Waals surface area contributed by atoms with Gasteiger partial charge in [0.1, 0.15) is 0 Å². The average molecular weight is 274 g/mol. The zero-order valence-electron chi connectivity index (χ0n) is 13.1. The summed E-state index contributed by atoms with van der Waals surface area (Å²) in [5.41, 5.74) is 8.16. The summed E-state index contributed by atoms with van der Waals surface area (Å²) in [5, 5.41) is 0. The third-order valence-electron chi connectivity index (χ3n) is 5.18. The molecule has 20 heavy (non-hydrogen) atoms. The Morgan fingerprint density at radius 2 is 1.80 bits per heavy atom. The van der Waals surface area contributed by atoms with Crippen LogP contribution in [0.1, 0.15) is 51.5 Å². The molecule has 0 radical (unpaired) electrons. The van der Waals surface area contributed by atoms with Gasteiger partial charge in [0.05, 0.1) is 0 Å². The van der Waals surface area contributed by atoms with Crippen LogP contribution in [0.4, 0.5) is 0 Å². The van der Waals surface area contributed by atoms with Crippen LogP contribution in [0, 0.1) is 0 Å². The number of likely N-dealkylation sites (tertiary alicyclic amines) is 1. The molecule has 2 nitrogen and oxygen atoms in total. The van der Waals surface area contributed by atoms with E-state index in [0.717, 1.165) is 19.3 Å². The van der Waals surface area contributed by atoms with Gasteiger partial charge < -0.3 is 5.73 Å². The highest BCUT2D eigenvalue weighted by Gasteiger charge is 2.36. The van der Waals surface area contributed by atoms with E-state index in [-0.39, 0.29) is 11.6 Å². The molecule has 0 amide bonds. The predicted molar refractivity (Wildman–Crippen MR) is 86.9 cm³/mol. The molecule has 1 fully saturated rings. The Labute approximate surface area is 124 Å². The molecule has 0 aliphatic carbocycles. The van der Waals surface area contributed by atoms with Crippen molar-refractivity contribution in [1.82, 2.24) is 4.90 Å². The van der Waals surface area contributed by atoms with Crippen LogP contribution >= 0.6 is 0 Å². The first kappa shape index (κ1) is 15.5. The molecule has 1 aliphatic heterocycles. The van der Waals surface area contributed by atoms with Crippen LogP contribution in [-0.4, -0.2) is 29.6 Å². The van der Waals surface area contributed by atoms with Gasteiger partial charge in [-0.3, -0.25) is 4.90 Å². The summed E-state index contributed by atoms with van der Waals surface area (Å²) in [4.78, 5) is 2.64. The van der Waals surface area contributed by atoms with E-state index < -0.39 is 0 Å². The van der Waals surface area contributed by atoms with Crippen LogP contribution in [-0.2, 0) is 6.42 Å². The fourth-order valence-corrected chi connectivity index (χ4v) is 3.40. The molecule has 2 rings (SSSR count). The van der Waals surface area contributed by atoms with Gasteiger partial charge in [0.15, 0.2) is 0 Å². The highest BCUT2D eigenvalue weighted by Crippen LogP contribution is 2.28. The Morgan fingerprint density at radius 1 is 1.15 bits per heavy atom. The van der Waals surface area contributed by atoms with Crippen molar-refractivity contribution in [1.29, 1.82) is 0 Å². The molecule has 1 aliphatic rings. The second-order valence-corrected chi connectivity index (χ2v) is 6.39. The Hall–Kier alpha value is -0.860. The van der Waals surface area contributed by atoms with Crippen LogP contribution < -0.4 is 5.73 Å². The van der Waals surface area contributed by atoms with Gasteiger partial charge in [0.25, 0.3) is 0 Å². The van der Waals surface area contributed by atoms with Gasteiger partial charge in [-0.15, -0.1) is 0 Å². The van der Waals surface area contributed by atoms with E-state index in [2.05, 4.69) is 49.1 Å². The van der Waals surface area contributed by atoms with E-state index in [1.165, 1.54) is 37.9 Å². The molecule has 0 bridgehead atoms. The lowest BCUT2D eigenvalue weighted by atomic mass is 9.83. The zero-order chi connectivity index (χ0) is 14.4. The average Bonchev–Trinajstić information content (AvgIpc) is 2.53. The third-order valence-corrected chi connectivity index (χ3v) is 5.18. The molecule has 0 spiro atoms. The van der Waals surface area contributed by atoms with Crippen LogP contribution in [0.2, 0.25) is 0 Å². The summed E-state index contributed by atoms with van der Waals surface area (Å²) in [7, 11) is 0. The minimum absolute atomic E-state index is 0.162. The topological polar surface area (TPSA) is 29.3 Å². The quantitative estimate of drug-likeness (QED) is 0.859. The summed E-state index contributed by atoms with van der Waals surface area (Å²) in [6.45, 7) is 7.11. The number of nitrogens with zero attached hydrogens (tertiary/aromatic N) is 1. The van der Waals surface area contributed by atoms with Gasteiger partial charge in [-0.2, -0.15) is 0 Å². The predicted octanol–water partition coefficient (Wildman–Crippen LogP) is 3.60. The highest BCUT2D eigenvalue weighted by atomic mass is 15.2. The SMILES string of the molecule is CCC(C)(C(N)CCc1ccccc1)N1CCCCC1. The molecule has 1 heterocycles. The van der Waals surface area contributed by atoms with E-state index in [9.17, 15) is 0 Å². The summed E-state index contributed by atoms with van der Waals surface area (Å²) in [6, 6.07) is 11.0. The number of hydrogen-bond acceptors (Lipinski definition) is 2. The Kier molecular flexibility index (Phi) is 5.62. The van der Waals surface area contributed by atoms with Crippen molar-refractivity contribution in [3.63, 3.8) is 0 Å². The number of aryl methyl sites for hydroxylation is 1. The lowest BCUT2D eigenvalue weighted by molar-refractivity contribution is 0.0523. The van der Waals surface area contributed by atoms with E-state index >= 15 is 0 Å². The first-order valence-electron chi connectivity index (χ1n) is 8.21. The smallest absolute Gasteiger partial charge is 0.0329 e. The van der Waals surface area contributed by atoms with E-state index in [1.54, 1.807) is 0 Å². The summed E-state index contributed by atoms with van der Waals surface area (Å²) < 4.78 is 0. The van der Waals surface area contributed by atoms with E-state index in [0.29, 0.717) is 0 Å². The maximum Gasteiger partial charge on any atom is 0.0329 e. The molecule has 1 aromatic carbocycles. The van der Waals surface area contributed by atoms with Crippen molar-refractivity contribution >= 4 is 0 Å². The molecule has 2 heteroatoms. The van der Waals surface area contributed by atoms with Crippen LogP contribution in [0.15, 0.2) is 30.3 Å². The summed E-state index contributed by atoms with van der Waals surface area (Å²) >= 11 is 0. The molecule has 112 valence electrons. The number of piperidine rings is 1. The third kappa shape index (κ3) is 3.62. The fraction of sp³-hybridized carbons (Fsp3) is 0.667. The van der Waals surface area contributed by atoms with Crippen molar-refractivity contribution in [2.75, 3.05) is 13.1 Å². The van der Waals surface area contributed by atoms with Gasteiger partial charge in [-0.1, -0.05) is 43.7 Å². The molecular formula is C18H30N2. The highest BCUT2D eigenvalue weighted by molar-refractivity contribution is 5.15. The van der Waals surface area contributed by atoms with Crippen molar-refractivity contribution in [3.8, 4) is 0 Å². The van der Waals surface area contributed by atoms with Gasteiger partial charge in [-0.05, 0) is 57.7 Å². The Morgan fingerprint density at radius 3 is 2.40 bits per heavy atom. The first-order chi connectivity index (χ1) is 9.66.